The third-order valence-electron chi connectivity index (χ3n) is 0. The Balaban J connectivity index is -0.0000000720. The first kappa shape index (κ1) is 16.5. The molecule has 0 N–H and O–H groups in total. The molecule has 0 aliphatic carbocycles. The van der Waals surface area contributed by atoms with E-state index in [-0.39, 0.29) is 34.7 Å². The summed E-state index contributed by atoms with van der Waals surface area (Å²) in [6.07, 6.45) is 0. The van der Waals surface area contributed by atoms with E-state index in [0.717, 1.165) is 0 Å². The van der Waals surface area contributed by atoms with Gasteiger partial charge in [-0.1, -0.05) is 39.3 Å². The van der Waals surface area contributed by atoms with Gasteiger partial charge in [-0.2, -0.15) is 0 Å². The van der Waals surface area contributed by atoms with Crippen LogP contribution in [0, 0.1) is 0 Å². The first-order valence-electron chi connectivity index (χ1n) is 3.00. The fourth-order valence-corrected chi connectivity index (χ4v) is 0. The molecule has 0 bridgehead atoms. The van der Waals surface area contributed by atoms with Gasteiger partial charge in [-0.3, -0.25) is 0 Å². The Morgan fingerprint density at radius 2 is 0.556 bits per heavy atom. The molecule has 0 fully saturated rings. The Hall–Kier alpha value is 0.953. The van der Waals surface area contributed by atoms with Gasteiger partial charge in [-0.15, -0.1) is 0 Å². The van der Waals surface area contributed by atoms with Crippen molar-refractivity contribution in [3.8, 4) is 0 Å². The van der Waals surface area contributed by atoms with E-state index in [1.165, 1.54) is 0 Å². The molecular formula is C6H18CuSi2. The van der Waals surface area contributed by atoms with Gasteiger partial charge in [0.1, 0.15) is 0 Å². The van der Waals surface area contributed by atoms with Gasteiger partial charge < -0.3 is 0 Å². The minimum atomic E-state index is 0. The Bertz CT molecular complexity index is 26.5. The first-order chi connectivity index (χ1) is 3.46. The van der Waals surface area contributed by atoms with E-state index in [4.69, 9.17) is 0 Å². The molecular weight excluding hydrogens is 192 g/mol. The van der Waals surface area contributed by atoms with Gasteiger partial charge in [-0.25, -0.2) is 0 Å². The van der Waals surface area contributed by atoms with Gasteiger partial charge in [0.2, 0.25) is 0 Å². The fourth-order valence-electron chi connectivity index (χ4n) is 0. The summed E-state index contributed by atoms with van der Waals surface area (Å²) in [6, 6.07) is 0. The summed E-state index contributed by atoms with van der Waals surface area (Å²) in [7, 11) is 0.241. The van der Waals surface area contributed by atoms with E-state index in [1.54, 1.807) is 0 Å². The van der Waals surface area contributed by atoms with E-state index in [1.807, 2.05) is 0 Å². The SMILES string of the molecule is C[Si](C)C.C[Si](C)C.[Cu]. The smallest absolute Gasteiger partial charge is 0.0379 e. The molecule has 0 saturated heterocycles. The molecule has 3 heteroatoms. The van der Waals surface area contributed by atoms with Gasteiger partial charge in [-0.05, 0) is 0 Å². The molecule has 0 saturated carbocycles. The minimum Gasteiger partial charge on any atom is -0.0715 e. The maximum Gasteiger partial charge on any atom is 0.0379 e. The molecule has 0 heterocycles. The normalized spacial score (nSPS) is 8.00. The molecule has 61 valence electrons. The van der Waals surface area contributed by atoms with Crippen LogP contribution in [0.1, 0.15) is 0 Å². The van der Waals surface area contributed by atoms with Crippen LogP contribution < -0.4 is 0 Å². The van der Waals surface area contributed by atoms with Crippen molar-refractivity contribution >= 4 is 17.6 Å². The number of rotatable bonds is 0. The standard InChI is InChI=1S/2C3H9Si.Cu/c2*1-4(2)3;/h2*1-3H3;. The van der Waals surface area contributed by atoms with Crippen LogP contribution in [0.3, 0.4) is 0 Å². The molecule has 0 unspecified atom stereocenters. The second kappa shape index (κ2) is 11.7. The first-order valence-corrected chi connectivity index (χ1v) is 9.00. The summed E-state index contributed by atoms with van der Waals surface area (Å²) in [5.74, 6) is 0. The molecule has 9 heavy (non-hydrogen) atoms. The summed E-state index contributed by atoms with van der Waals surface area (Å²) >= 11 is 0. The van der Waals surface area contributed by atoms with Crippen LogP contribution in [0.5, 0.6) is 0 Å². The second-order valence-corrected chi connectivity index (χ2v) is 9.00. The zero-order valence-corrected chi connectivity index (χ0v) is 10.2. The second-order valence-electron chi connectivity index (χ2n) is 3.00. The summed E-state index contributed by atoms with van der Waals surface area (Å²) < 4.78 is 0. The average molecular weight is 210 g/mol. The van der Waals surface area contributed by atoms with Gasteiger partial charge >= 0.3 is 0 Å². The van der Waals surface area contributed by atoms with Crippen LogP contribution in [0.25, 0.3) is 0 Å². The Morgan fingerprint density at radius 1 is 0.556 bits per heavy atom. The zero-order valence-electron chi connectivity index (χ0n) is 7.30. The maximum absolute atomic E-state index is 2.27. The van der Waals surface area contributed by atoms with E-state index in [9.17, 15) is 0 Å². The van der Waals surface area contributed by atoms with E-state index >= 15 is 0 Å². The van der Waals surface area contributed by atoms with Gasteiger partial charge in [0.05, 0.1) is 0 Å². The largest absolute Gasteiger partial charge is 0.0715 e. The van der Waals surface area contributed by atoms with E-state index in [0.29, 0.717) is 0 Å². The Labute approximate surface area is 74.1 Å². The molecule has 0 rings (SSSR count). The Morgan fingerprint density at radius 3 is 0.556 bits per heavy atom. The van der Waals surface area contributed by atoms with Crippen molar-refractivity contribution in [1.29, 1.82) is 0 Å². The molecule has 3 radical (unpaired) electrons. The van der Waals surface area contributed by atoms with Crippen molar-refractivity contribution in [3.63, 3.8) is 0 Å². The fraction of sp³-hybridized carbons (Fsp3) is 1.00. The monoisotopic (exact) mass is 209 g/mol. The van der Waals surface area contributed by atoms with Crippen LogP contribution in [-0.2, 0) is 17.1 Å². The van der Waals surface area contributed by atoms with Gasteiger partial charge in [0, 0.05) is 34.7 Å². The molecule has 0 atom stereocenters. The molecule has 0 aliphatic heterocycles. The van der Waals surface area contributed by atoms with E-state index < -0.39 is 0 Å². The van der Waals surface area contributed by atoms with Crippen LogP contribution in [0.15, 0.2) is 0 Å². The van der Waals surface area contributed by atoms with Gasteiger partial charge in [0.15, 0.2) is 0 Å². The topological polar surface area (TPSA) is 0 Å². The quantitative estimate of drug-likeness (QED) is 0.539. The van der Waals surface area contributed by atoms with Crippen molar-refractivity contribution in [3.05, 3.63) is 0 Å². The minimum absolute atomic E-state index is 0. The van der Waals surface area contributed by atoms with Crippen LogP contribution in [-0.4, -0.2) is 17.6 Å². The zero-order chi connectivity index (χ0) is 7.15. The summed E-state index contributed by atoms with van der Waals surface area (Å²) in [4.78, 5) is 0. The number of hydrogen-bond acceptors (Lipinski definition) is 0. The van der Waals surface area contributed by atoms with Crippen molar-refractivity contribution in [1.82, 2.24) is 0 Å². The molecule has 0 spiro atoms. The van der Waals surface area contributed by atoms with Crippen molar-refractivity contribution < 1.29 is 17.1 Å². The third kappa shape index (κ3) is 476. The predicted molar refractivity (Wildman–Crippen MR) is 46.7 cm³/mol. The van der Waals surface area contributed by atoms with Crippen molar-refractivity contribution in [2.24, 2.45) is 0 Å². The van der Waals surface area contributed by atoms with Gasteiger partial charge in [0.25, 0.3) is 0 Å². The van der Waals surface area contributed by atoms with Crippen molar-refractivity contribution in [2.75, 3.05) is 0 Å². The average Bonchev–Trinajstić information content (AvgIpc) is 1.25. The molecule has 0 amide bonds. The number of hydrogen-bond donors (Lipinski definition) is 0. The molecule has 0 aromatic heterocycles. The van der Waals surface area contributed by atoms with Crippen LogP contribution in [0.2, 0.25) is 39.3 Å². The van der Waals surface area contributed by atoms with Crippen LogP contribution >= 0.6 is 0 Å². The summed E-state index contributed by atoms with van der Waals surface area (Å²) in [5.41, 5.74) is 0. The molecule has 0 aliphatic rings. The summed E-state index contributed by atoms with van der Waals surface area (Å²) in [5, 5.41) is 0. The van der Waals surface area contributed by atoms with Crippen molar-refractivity contribution in [2.45, 2.75) is 39.3 Å². The molecule has 0 aromatic rings. The predicted octanol–water partition coefficient (Wildman–Crippen LogP) is 2.74. The molecule has 0 aromatic carbocycles. The Kier molecular flexibility index (Phi) is 21.5. The van der Waals surface area contributed by atoms with E-state index in [2.05, 4.69) is 39.3 Å². The maximum atomic E-state index is 2.27. The van der Waals surface area contributed by atoms with Crippen LogP contribution in [0.4, 0.5) is 0 Å². The third-order valence-corrected chi connectivity index (χ3v) is 0. The summed E-state index contributed by atoms with van der Waals surface area (Å²) in [6.45, 7) is 13.6. The molecule has 0 nitrogen and oxygen atoms in total.